The lowest BCUT2D eigenvalue weighted by Crippen LogP contribution is -2.22. The minimum Gasteiger partial charge on any atom is -0.486 e. The van der Waals surface area contributed by atoms with Crippen LogP contribution in [0.2, 0.25) is 0 Å². The van der Waals surface area contributed by atoms with Gasteiger partial charge in [0.05, 0.1) is 0 Å². The van der Waals surface area contributed by atoms with E-state index < -0.39 is 9.84 Å². The summed E-state index contributed by atoms with van der Waals surface area (Å²) in [5.74, 6) is 1.74. The monoisotopic (exact) mass is 299 g/mol. The van der Waals surface area contributed by atoms with Crippen LogP contribution in [-0.2, 0) is 9.84 Å². The molecular weight excluding hydrogens is 278 g/mol. The van der Waals surface area contributed by atoms with Crippen molar-refractivity contribution in [1.82, 2.24) is 5.32 Å². The molecule has 0 radical (unpaired) electrons. The minimum atomic E-state index is -2.91. The molecule has 0 fully saturated rings. The van der Waals surface area contributed by atoms with Crippen LogP contribution in [0.15, 0.2) is 18.2 Å². The van der Waals surface area contributed by atoms with E-state index in [1.807, 2.05) is 25.2 Å². The predicted molar refractivity (Wildman–Crippen MR) is 78.2 cm³/mol. The Hall–Kier alpha value is -1.27. The number of fused-ring (bicyclic) bond motifs is 1. The Morgan fingerprint density at radius 3 is 2.75 bits per heavy atom. The first-order valence-electron chi connectivity index (χ1n) is 6.75. The molecule has 2 rings (SSSR count). The normalized spacial score (nSPS) is 15.9. The van der Waals surface area contributed by atoms with Gasteiger partial charge in [0, 0.05) is 23.6 Å². The van der Waals surface area contributed by atoms with Crippen LogP contribution < -0.4 is 14.8 Å². The van der Waals surface area contributed by atoms with Crippen LogP contribution in [-0.4, -0.2) is 40.7 Å². The van der Waals surface area contributed by atoms with Crippen molar-refractivity contribution in [3.8, 4) is 11.5 Å². The molecule has 0 amide bonds. The van der Waals surface area contributed by atoms with Crippen molar-refractivity contribution in [1.29, 1.82) is 0 Å². The summed E-state index contributed by atoms with van der Waals surface area (Å²) in [6.45, 7) is 1.11. The molecule has 0 bridgehead atoms. The molecule has 1 atom stereocenters. The van der Waals surface area contributed by atoms with Gasteiger partial charge >= 0.3 is 0 Å². The van der Waals surface area contributed by atoms with Crippen molar-refractivity contribution in [2.45, 2.75) is 18.9 Å². The molecular formula is C14H21NO4S. The number of nitrogens with one attached hydrogen (secondary N) is 1. The first kappa shape index (κ1) is 15.1. The largest absolute Gasteiger partial charge is 0.486 e. The fourth-order valence-corrected chi connectivity index (χ4v) is 3.07. The second-order valence-corrected chi connectivity index (χ2v) is 7.24. The van der Waals surface area contributed by atoms with Gasteiger partial charge in [-0.25, -0.2) is 8.42 Å². The van der Waals surface area contributed by atoms with E-state index in [0.717, 1.165) is 23.5 Å². The molecule has 112 valence electrons. The van der Waals surface area contributed by atoms with Crippen molar-refractivity contribution in [3.05, 3.63) is 23.8 Å². The number of benzene rings is 1. The molecule has 1 aromatic rings. The highest BCUT2D eigenvalue weighted by molar-refractivity contribution is 7.90. The molecule has 6 heteroatoms. The van der Waals surface area contributed by atoms with Gasteiger partial charge < -0.3 is 14.8 Å². The highest BCUT2D eigenvalue weighted by atomic mass is 32.2. The number of rotatable bonds is 6. The van der Waals surface area contributed by atoms with E-state index in [0.29, 0.717) is 19.6 Å². The molecule has 1 unspecified atom stereocenters. The SMILES string of the molecule is CNC(CCCS(C)(=O)=O)c1cccc2c1OCCO2. The smallest absolute Gasteiger partial charge is 0.166 e. The highest BCUT2D eigenvalue weighted by Crippen LogP contribution is 2.38. The molecule has 5 nitrogen and oxygen atoms in total. The topological polar surface area (TPSA) is 64.6 Å². The Labute approximate surface area is 120 Å². The molecule has 1 heterocycles. The lowest BCUT2D eigenvalue weighted by Gasteiger charge is -2.25. The van der Waals surface area contributed by atoms with E-state index in [9.17, 15) is 8.42 Å². The number of para-hydroxylation sites is 1. The summed E-state index contributed by atoms with van der Waals surface area (Å²) < 4.78 is 33.7. The quantitative estimate of drug-likeness (QED) is 0.863. The Morgan fingerprint density at radius 2 is 2.05 bits per heavy atom. The van der Waals surface area contributed by atoms with Crippen LogP contribution in [0.3, 0.4) is 0 Å². The average Bonchev–Trinajstić information content (AvgIpc) is 2.42. The molecule has 20 heavy (non-hydrogen) atoms. The van der Waals surface area contributed by atoms with Crippen LogP contribution in [0.25, 0.3) is 0 Å². The zero-order chi connectivity index (χ0) is 14.6. The lowest BCUT2D eigenvalue weighted by atomic mass is 10.0. The fourth-order valence-electron chi connectivity index (χ4n) is 2.38. The summed E-state index contributed by atoms with van der Waals surface area (Å²) in [7, 11) is -1.04. The van der Waals surface area contributed by atoms with E-state index in [4.69, 9.17) is 9.47 Å². The third kappa shape index (κ3) is 3.86. The summed E-state index contributed by atoms with van der Waals surface area (Å²) in [4.78, 5) is 0. The number of sulfone groups is 1. The second kappa shape index (κ2) is 6.45. The molecule has 0 aliphatic carbocycles. The van der Waals surface area contributed by atoms with Gasteiger partial charge in [-0.2, -0.15) is 0 Å². The Bertz CT molecular complexity index is 556. The zero-order valence-corrected chi connectivity index (χ0v) is 12.7. The van der Waals surface area contributed by atoms with E-state index >= 15 is 0 Å². The summed E-state index contributed by atoms with van der Waals surface area (Å²) in [6, 6.07) is 5.88. The minimum absolute atomic E-state index is 0.0633. The van der Waals surface area contributed by atoms with Gasteiger partial charge in [-0.3, -0.25) is 0 Å². The van der Waals surface area contributed by atoms with E-state index in [2.05, 4.69) is 5.32 Å². The van der Waals surface area contributed by atoms with Gasteiger partial charge in [0.15, 0.2) is 11.5 Å². The molecule has 0 aromatic heterocycles. The Balaban J connectivity index is 2.11. The van der Waals surface area contributed by atoms with Crippen LogP contribution >= 0.6 is 0 Å². The molecule has 1 N–H and O–H groups in total. The molecule has 1 aliphatic heterocycles. The van der Waals surface area contributed by atoms with Crippen molar-refractivity contribution in [3.63, 3.8) is 0 Å². The molecule has 1 aliphatic rings. The summed E-state index contributed by atoms with van der Waals surface area (Å²) in [6.07, 6.45) is 2.63. The van der Waals surface area contributed by atoms with Gasteiger partial charge in [0.1, 0.15) is 23.1 Å². The van der Waals surface area contributed by atoms with Crippen LogP contribution in [0.1, 0.15) is 24.4 Å². The van der Waals surface area contributed by atoms with Crippen molar-refractivity contribution < 1.29 is 17.9 Å². The molecule has 1 aromatic carbocycles. The first-order chi connectivity index (χ1) is 9.51. The Morgan fingerprint density at radius 1 is 1.30 bits per heavy atom. The first-order valence-corrected chi connectivity index (χ1v) is 8.81. The van der Waals surface area contributed by atoms with Crippen molar-refractivity contribution in [2.75, 3.05) is 32.3 Å². The maximum atomic E-state index is 11.2. The molecule has 0 spiro atoms. The third-order valence-corrected chi connectivity index (χ3v) is 4.36. The van der Waals surface area contributed by atoms with Gasteiger partial charge in [0.25, 0.3) is 0 Å². The zero-order valence-electron chi connectivity index (χ0n) is 11.9. The maximum absolute atomic E-state index is 11.2. The molecule has 0 saturated heterocycles. The summed E-state index contributed by atoms with van der Waals surface area (Å²) in [5.41, 5.74) is 1.03. The van der Waals surface area contributed by atoms with Crippen molar-refractivity contribution >= 4 is 9.84 Å². The number of ether oxygens (including phenoxy) is 2. The van der Waals surface area contributed by atoms with Crippen LogP contribution in [0.4, 0.5) is 0 Å². The average molecular weight is 299 g/mol. The van der Waals surface area contributed by atoms with Gasteiger partial charge in [-0.1, -0.05) is 12.1 Å². The maximum Gasteiger partial charge on any atom is 0.166 e. The van der Waals surface area contributed by atoms with Gasteiger partial charge in [0.2, 0.25) is 0 Å². The standard InChI is InChI=1S/C14H21NO4S/c1-15-12(6-4-10-20(2,16)17)11-5-3-7-13-14(11)19-9-8-18-13/h3,5,7,12,15H,4,6,8-10H2,1-2H3. The van der Waals surface area contributed by atoms with E-state index in [1.165, 1.54) is 6.26 Å². The van der Waals surface area contributed by atoms with Crippen molar-refractivity contribution in [2.24, 2.45) is 0 Å². The van der Waals surface area contributed by atoms with Crippen LogP contribution in [0.5, 0.6) is 11.5 Å². The summed E-state index contributed by atoms with van der Waals surface area (Å²) >= 11 is 0. The third-order valence-electron chi connectivity index (χ3n) is 3.33. The predicted octanol–water partition coefficient (Wildman–Crippen LogP) is 1.54. The van der Waals surface area contributed by atoms with E-state index in [-0.39, 0.29) is 11.8 Å². The van der Waals surface area contributed by atoms with Crippen LogP contribution in [0, 0.1) is 0 Å². The Kier molecular flexibility index (Phi) is 4.88. The van der Waals surface area contributed by atoms with Gasteiger partial charge in [-0.05, 0) is 26.0 Å². The number of hydrogen-bond acceptors (Lipinski definition) is 5. The van der Waals surface area contributed by atoms with E-state index in [1.54, 1.807) is 0 Å². The van der Waals surface area contributed by atoms with Gasteiger partial charge in [-0.15, -0.1) is 0 Å². The summed E-state index contributed by atoms with van der Waals surface area (Å²) in [5, 5.41) is 3.22. The number of hydrogen-bond donors (Lipinski definition) is 1. The lowest BCUT2D eigenvalue weighted by molar-refractivity contribution is 0.168. The fraction of sp³-hybridized carbons (Fsp3) is 0.571. The molecule has 0 saturated carbocycles. The highest BCUT2D eigenvalue weighted by Gasteiger charge is 2.21. The second-order valence-electron chi connectivity index (χ2n) is 4.98.